The summed E-state index contributed by atoms with van der Waals surface area (Å²) in [5.41, 5.74) is -1.39. The van der Waals surface area contributed by atoms with E-state index in [-0.39, 0.29) is 11.1 Å². The molecule has 1 amide bonds. The van der Waals surface area contributed by atoms with Gasteiger partial charge in [0.15, 0.2) is 5.75 Å². The minimum Gasteiger partial charge on any atom is -0.500 e. The molecule has 0 aliphatic rings. The maximum atomic E-state index is 12.2. The van der Waals surface area contributed by atoms with E-state index in [9.17, 15) is 29.8 Å². The summed E-state index contributed by atoms with van der Waals surface area (Å²) in [6.45, 7) is 4.06. The van der Waals surface area contributed by atoms with E-state index in [2.05, 4.69) is 4.52 Å². The van der Waals surface area contributed by atoms with E-state index >= 15 is 0 Å². The molecule has 26 heavy (non-hydrogen) atoms. The van der Waals surface area contributed by atoms with Crippen molar-refractivity contribution in [2.45, 2.75) is 13.8 Å². The van der Waals surface area contributed by atoms with Gasteiger partial charge in [-0.1, -0.05) is 0 Å². The van der Waals surface area contributed by atoms with Crippen LogP contribution in [0.25, 0.3) is 6.08 Å². The number of aromatic hydroxyl groups is 1. The molecule has 0 saturated heterocycles. The Morgan fingerprint density at radius 3 is 2.42 bits per heavy atom. The molecule has 0 atom stereocenters. The van der Waals surface area contributed by atoms with Crippen LogP contribution in [0.5, 0.6) is 11.5 Å². The van der Waals surface area contributed by atoms with Gasteiger partial charge in [-0.05, 0) is 31.6 Å². The number of likely N-dealkylation sites (N-methyl/N-ethyl adjacent to an activating group) is 1. The van der Waals surface area contributed by atoms with Gasteiger partial charge in [0.25, 0.3) is 5.91 Å². The van der Waals surface area contributed by atoms with Crippen LogP contribution in [0.3, 0.4) is 0 Å². The van der Waals surface area contributed by atoms with Gasteiger partial charge in [-0.2, -0.15) is 5.26 Å². The number of phosphoric ester groups is 1. The monoisotopic (exact) mass is 385 g/mol. The molecule has 1 aromatic rings. The molecule has 1 aromatic carbocycles. The van der Waals surface area contributed by atoms with Crippen molar-refractivity contribution in [3.8, 4) is 17.6 Å². The third kappa shape index (κ3) is 5.29. The minimum atomic E-state index is -5.11. The second kappa shape index (κ2) is 8.44. The van der Waals surface area contributed by atoms with Gasteiger partial charge in [-0.15, -0.1) is 0 Å². The van der Waals surface area contributed by atoms with Gasteiger partial charge in [-0.3, -0.25) is 24.7 Å². The fourth-order valence-electron chi connectivity index (χ4n) is 2.02. The van der Waals surface area contributed by atoms with E-state index in [0.29, 0.717) is 13.1 Å². The van der Waals surface area contributed by atoms with Gasteiger partial charge in [0, 0.05) is 19.2 Å². The summed E-state index contributed by atoms with van der Waals surface area (Å²) in [5.74, 6) is -2.57. The number of benzene rings is 1. The maximum Gasteiger partial charge on any atom is 0.524 e. The Bertz CT molecular complexity index is 835. The van der Waals surface area contributed by atoms with E-state index in [4.69, 9.17) is 9.79 Å². The molecule has 0 spiro atoms. The number of nitriles is 1. The molecular formula is C14H16N3O8P. The van der Waals surface area contributed by atoms with Crippen molar-refractivity contribution in [3.63, 3.8) is 0 Å². The number of nitrogens with zero attached hydrogens (tertiary/aromatic N) is 3. The summed E-state index contributed by atoms with van der Waals surface area (Å²) in [5, 5.41) is 29.9. The van der Waals surface area contributed by atoms with Crippen LogP contribution in [0, 0.1) is 21.4 Å². The molecule has 11 nitrogen and oxygen atoms in total. The summed E-state index contributed by atoms with van der Waals surface area (Å²) in [4.78, 5) is 41.3. The Hall–Kier alpha value is -2.93. The molecule has 3 N–H and O–H groups in total. The first-order valence-corrected chi connectivity index (χ1v) is 8.74. The molecule has 0 radical (unpaired) electrons. The maximum absolute atomic E-state index is 12.2. The molecule has 0 bridgehead atoms. The van der Waals surface area contributed by atoms with Crippen molar-refractivity contribution in [1.82, 2.24) is 4.90 Å². The van der Waals surface area contributed by atoms with Crippen molar-refractivity contribution in [2.75, 3.05) is 13.1 Å². The Balaban J connectivity index is 3.51. The topological polar surface area (TPSA) is 174 Å². The van der Waals surface area contributed by atoms with Gasteiger partial charge >= 0.3 is 13.5 Å². The summed E-state index contributed by atoms with van der Waals surface area (Å²) in [6, 6.07) is 3.38. The van der Waals surface area contributed by atoms with Gasteiger partial charge in [0.2, 0.25) is 5.75 Å². The van der Waals surface area contributed by atoms with Crippen LogP contribution in [-0.2, 0) is 9.36 Å². The van der Waals surface area contributed by atoms with E-state index in [1.807, 2.05) is 0 Å². The predicted octanol–water partition coefficient (Wildman–Crippen LogP) is 1.55. The molecule has 0 saturated carbocycles. The number of hydrogen-bond acceptors (Lipinski definition) is 7. The lowest BCUT2D eigenvalue weighted by Crippen LogP contribution is -2.31. The SMILES string of the molecule is CCN(CC)C(=O)C(C#N)=Cc1cc(OP(=O)(O)O)c(O)c([N+](=O)[O-])c1. The molecular weight excluding hydrogens is 369 g/mol. The number of carbonyl (C=O) groups excluding carboxylic acids is 1. The van der Waals surface area contributed by atoms with Crippen molar-refractivity contribution in [2.24, 2.45) is 0 Å². The number of amides is 1. The van der Waals surface area contributed by atoms with Crippen molar-refractivity contribution >= 4 is 25.5 Å². The van der Waals surface area contributed by atoms with Gasteiger partial charge < -0.3 is 14.5 Å². The van der Waals surface area contributed by atoms with Gasteiger partial charge in [-0.25, -0.2) is 4.57 Å². The normalized spacial score (nSPS) is 11.6. The lowest BCUT2D eigenvalue weighted by atomic mass is 10.1. The Morgan fingerprint density at radius 2 is 2.00 bits per heavy atom. The number of rotatable bonds is 7. The van der Waals surface area contributed by atoms with Crippen molar-refractivity contribution in [1.29, 1.82) is 5.26 Å². The highest BCUT2D eigenvalue weighted by atomic mass is 31.2. The van der Waals surface area contributed by atoms with E-state index in [1.54, 1.807) is 19.9 Å². The van der Waals surface area contributed by atoms with Crippen molar-refractivity contribution < 1.29 is 33.7 Å². The Morgan fingerprint density at radius 1 is 1.42 bits per heavy atom. The molecule has 140 valence electrons. The number of phosphoric acid groups is 1. The first-order valence-electron chi connectivity index (χ1n) is 7.21. The second-order valence-corrected chi connectivity index (χ2v) is 6.04. The number of phenols is 1. The fraction of sp³-hybridized carbons (Fsp3) is 0.286. The quantitative estimate of drug-likeness (QED) is 0.207. The van der Waals surface area contributed by atoms with Crippen LogP contribution in [-0.4, -0.2) is 43.7 Å². The van der Waals surface area contributed by atoms with Gasteiger partial charge in [0.05, 0.1) is 4.92 Å². The first kappa shape index (κ1) is 21.1. The van der Waals surface area contributed by atoms with Crippen LogP contribution in [0.15, 0.2) is 17.7 Å². The zero-order valence-corrected chi connectivity index (χ0v) is 14.7. The first-order chi connectivity index (χ1) is 12.0. The number of nitro benzene ring substituents is 1. The number of nitro groups is 1. The highest BCUT2D eigenvalue weighted by Crippen LogP contribution is 2.45. The number of carbonyl (C=O) groups is 1. The van der Waals surface area contributed by atoms with Crippen LogP contribution >= 0.6 is 7.82 Å². The smallest absolute Gasteiger partial charge is 0.500 e. The van der Waals surface area contributed by atoms with Crippen LogP contribution in [0.1, 0.15) is 19.4 Å². The fourth-order valence-corrected chi connectivity index (χ4v) is 2.42. The van der Waals surface area contributed by atoms with Crippen molar-refractivity contribution in [3.05, 3.63) is 33.4 Å². The van der Waals surface area contributed by atoms with E-state index < -0.39 is 35.8 Å². The molecule has 0 fully saturated rings. The predicted molar refractivity (Wildman–Crippen MR) is 89.0 cm³/mol. The van der Waals surface area contributed by atoms with Crippen LogP contribution in [0.2, 0.25) is 0 Å². The third-order valence-electron chi connectivity index (χ3n) is 3.20. The highest BCUT2D eigenvalue weighted by molar-refractivity contribution is 7.46. The number of hydrogen-bond donors (Lipinski definition) is 3. The summed E-state index contributed by atoms with van der Waals surface area (Å²) in [7, 11) is -5.11. The summed E-state index contributed by atoms with van der Waals surface area (Å²) >= 11 is 0. The average molecular weight is 385 g/mol. The lowest BCUT2D eigenvalue weighted by molar-refractivity contribution is -0.385. The minimum absolute atomic E-state index is 0.130. The van der Waals surface area contributed by atoms with Crippen LogP contribution < -0.4 is 4.52 Å². The molecule has 0 aliphatic heterocycles. The largest absolute Gasteiger partial charge is 0.524 e. The van der Waals surface area contributed by atoms with Crippen LogP contribution in [0.4, 0.5) is 5.69 Å². The molecule has 0 unspecified atom stereocenters. The van der Waals surface area contributed by atoms with E-state index in [0.717, 1.165) is 18.2 Å². The average Bonchev–Trinajstić information content (AvgIpc) is 2.54. The molecule has 0 heterocycles. The zero-order valence-electron chi connectivity index (χ0n) is 13.8. The zero-order chi connectivity index (χ0) is 20.1. The Kier molecular flexibility index (Phi) is 6.85. The summed E-state index contributed by atoms with van der Waals surface area (Å²) < 4.78 is 15.2. The Labute approximate surface area is 148 Å². The lowest BCUT2D eigenvalue weighted by Gasteiger charge is -2.17. The second-order valence-electron chi connectivity index (χ2n) is 4.87. The third-order valence-corrected chi connectivity index (χ3v) is 3.64. The van der Waals surface area contributed by atoms with Gasteiger partial charge in [0.1, 0.15) is 11.6 Å². The summed E-state index contributed by atoms with van der Waals surface area (Å²) in [6.07, 6.45) is 1.000. The molecule has 12 heteroatoms. The standard InChI is InChI=1S/C14H16N3O8P/c1-3-16(4-2)14(19)10(8-15)5-9-6-11(17(20)21)13(18)12(7-9)25-26(22,23)24/h5-7,18H,3-4H2,1-2H3,(H2,22,23,24). The van der Waals surface area contributed by atoms with E-state index in [1.165, 1.54) is 4.90 Å². The molecule has 0 aliphatic carbocycles. The highest BCUT2D eigenvalue weighted by Gasteiger charge is 2.26. The molecule has 1 rings (SSSR count). The number of phenolic OH excluding ortho intramolecular Hbond substituents is 1. The molecule has 0 aromatic heterocycles.